The van der Waals surface area contributed by atoms with E-state index in [0.717, 1.165) is 0 Å². The molecule has 5 nitrogen and oxygen atoms in total. The van der Waals surface area contributed by atoms with Crippen molar-refractivity contribution >= 4 is 11.9 Å². The van der Waals surface area contributed by atoms with E-state index in [2.05, 4.69) is 5.32 Å². The van der Waals surface area contributed by atoms with Crippen LogP contribution in [0.4, 0.5) is 0 Å². The molecule has 0 bridgehead atoms. The van der Waals surface area contributed by atoms with Gasteiger partial charge >= 0.3 is 5.97 Å². The van der Waals surface area contributed by atoms with E-state index in [1.165, 1.54) is 6.92 Å². The number of carboxylic acid groups (broad SMARTS) is 1. The van der Waals surface area contributed by atoms with Gasteiger partial charge in [-0.25, -0.2) is 0 Å². The Hall–Kier alpha value is -1.10. The second-order valence-electron chi connectivity index (χ2n) is 3.71. The molecule has 0 saturated heterocycles. The normalized spacial score (nSPS) is 16.5. The van der Waals surface area contributed by atoms with Crippen LogP contribution in [0.1, 0.15) is 27.2 Å². The number of carbonyl (C=O) groups is 2. The average Bonchev–Trinajstić information content (AvgIpc) is 2.23. The third-order valence-electron chi connectivity index (χ3n) is 2.61. The molecule has 0 aromatic rings. The van der Waals surface area contributed by atoms with E-state index in [1.54, 1.807) is 6.92 Å². The molecule has 0 aromatic carbocycles. The first-order chi connectivity index (χ1) is 6.93. The highest BCUT2D eigenvalue weighted by molar-refractivity contribution is 5.84. The average molecular weight is 217 g/mol. The molecule has 0 radical (unpaired) electrons. The Morgan fingerprint density at radius 3 is 2.13 bits per heavy atom. The van der Waals surface area contributed by atoms with Crippen LogP contribution < -0.4 is 5.32 Å². The van der Waals surface area contributed by atoms with Crippen LogP contribution in [0.5, 0.6) is 0 Å². The van der Waals surface area contributed by atoms with Gasteiger partial charge in [-0.2, -0.15) is 0 Å². The van der Waals surface area contributed by atoms with Gasteiger partial charge in [0.05, 0.1) is 18.6 Å². The maximum Gasteiger partial charge on any atom is 0.307 e. The van der Waals surface area contributed by atoms with Crippen LogP contribution in [0.15, 0.2) is 0 Å². The van der Waals surface area contributed by atoms with Gasteiger partial charge in [0.15, 0.2) is 0 Å². The highest BCUT2D eigenvalue weighted by atomic mass is 16.4. The first-order valence-electron chi connectivity index (χ1n) is 5.08. The third-order valence-corrected chi connectivity index (χ3v) is 2.61. The molecule has 0 aliphatic heterocycles. The zero-order valence-corrected chi connectivity index (χ0v) is 9.36. The largest absolute Gasteiger partial charge is 0.481 e. The Bertz CT molecular complexity index is 225. The van der Waals surface area contributed by atoms with Crippen LogP contribution in [0.2, 0.25) is 0 Å². The van der Waals surface area contributed by atoms with Crippen LogP contribution in [0.25, 0.3) is 0 Å². The summed E-state index contributed by atoms with van der Waals surface area (Å²) in [4.78, 5) is 22.2. The molecule has 0 aliphatic carbocycles. The standard InChI is InChI=1S/C10H19NO4/c1-4-8(5-12)11-9(13)6(2)7(3)10(14)15/h6-8,12H,4-5H2,1-3H3,(H,11,13)(H,14,15)/t6?,7?,8-/m1/s1. The van der Waals surface area contributed by atoms with Gasteiger partial charge in [-0.05, 0) is 6.42 Å². The van der Waals surface area contributed by atoms with Crippen molar-refractivity contribution in [1.82, 2.24) is 5.32 Å². The van der Waals surface area contributed by atoms with Gasteiger partial charge in [-0.3, -0.25) is 9.59 Å². The third kappa shape index (κ3) is 4.29. The molecule has 0 aromatic heterocycles. The maximum atomic E-state index is 11.5. The summed E-state index contributed by atoms with van der Waals surface area (Å²) in [5.41, 5.74) is 0. The van der Waals surface area contributed by atoms with E-state index in [-0.39, 0.29) is 18.6 Å². The maximum absolute atomic E-state index is 11.5. The number of aliphatic carboxylic acids is 1. The van der Waals surface area contributed by atoms with Crippen molar-refractivity contribution in [2.24, 2.45) is 11.8 Å². The molecule has 0 saturated carbocycles. The minimum atomic E-state index is -0.991. The van der Waals surface area contributed by atoms with E-state index in [0.29, 0.717) is 6.42 Å². The fourth-order valence-electron chi connectivity index (χ4n) is 1.05. The number of aliphatic hydroxyl groups is 1. The second-order valence-corrected chi connectivity index (χ2v) is 3.71. The van der Waals surface area contributed by atoms with Crippen LogP contribution in [-0.4, -0.2) is 34.7 Å². The summed E-state index contributed by atoms with van der Waals surface area (Å²) >= 11 is 0. The molecule has 3 atom stereocenters. The van der Waals surface area contributed by atoms with E-state index in [4.69, 9.17) is 10.2 Å². The zero-order valence-electron chi connectivity index (χ0n) is 9.36. The zero-order chi connectivity index (χ0) is 12.0. The van der Waals surface area contributed by atoms with Gasteiger partial charge in [-0.1, -0.05) is 20.8 Å². The summed E-state index contributed by atoms with van der Waals surface area (Å²) in [7, 11) is 0. The van der Waals surface area contributed by atoms with Crippen molar-refractivity contribution in [2.75, 3.05) is 6.61 Å². The predicted octanol–water partition coefficient (Wildman–Crippen LogP) is 0.230. The number of aliphatic hydroxyl groups excluding tert-OH is 1. The smallest absolute Gasteiger partial charge is 0.307 e. The van der Waals surface area contributed by atoms with E-state index >= 15 is 0 Å². The predicted molar refractivity (Wildman–Crippen MR) is 55.3 cm³/mol. The van der Waals surface area contributed by atoms with Crippen molar-refractivity contribution in [3.05, 3.63) is 0 Å². The first-order valence-corrected chi connectivity index (χ1v) is 5.08. The molecule has 0 fully saturated rings. The lowest BCUT2D eigenvalue weighted by molar-refractivity contribution is -0.146. The molecule has 0 spiro atoms. The Labute approximate surface area is 89.5 Å². The SMILES string of the molecule is CC[C@H](CO)NC(=O)C(C)C(C)C(=O)O. The Balaban J connectivity index is 4.26. The Kier molecular flexibility index (Phi) is 5.93. The Morgan fingerprint density at radius 2 is 1.80 bits per heavy atom. The van der Waals surface area contributed by atoms with Crippen LogP contribution in [-0.2, 0) is 9.59 Å². The number of carboxylic acids is 1. The van der Waals surface area contributed by atoms with E-state index in [1.807, 2.05) is 6.92 Å². The van der Waals surface area contributed by atoms with Crippen LogP contribution in [0.3, 0.4) is 0 Å². The lowest BCUT2D eigenvalue weighted by Gasteiger charge is -2.20. The van der Waals surface area contributed by atoms with Crippen LogP contribution in [0, 0.1) is 11.8 Å². The minimum absolute atomic E-state index is 0.129. The van der Waals surface area contributed by atoms with Gasteiger partial charge < -0.3 is 15.5 Å². The molecule has 1 amide bonds. The molecule has 0 heterocycles. The van der Waals surface area contributed by atoms with Gasteiger partial charge in [-0.15, -0.1) is 0 Å². The molecular formula is C10H19NO4. The summed E-state index contributed by atoms with van der Waals surface area (Å²) in [6.45, 7) is 4.77. The van der Waals surface area contributed by atoms with Crippen LogP contribution >= 0.6 is 0 Å². The summed E-state index contributed by atoms with van der Waals surface area (Å²) < 4.78 is 0. The quantitative estimate of drug-likeness (QED) is 0.594. The van der Waals surface area contributed by atoms with Crippen molar-refractivity contribution in [3.8, 4) is 0 Å². The summed E-state index contributed by atoms with van der Waals surface area (Å²) in [6.07, 6.45) is 0.621. The fraction of sp³-hybridized carbons (Fsp3) is 0.800. The fourth-order valence-corrected chi connectivity index (χ4v) is 1.05. The number of carbonyl (C=O) groups excluding carboxylic acids is 1. The molecule has 3 N–H and O–H groups in total. The van der Waals surface area contributed by atoms with Crippen molar-refractivity contribution < 1.29 is 19.8 Å². The molecule has 5 heteroatoms. The summed E-state index contributed by atoms with van der Waals surface area (Å²) in [5, 5.41) is 20.2. The highest BCUT2D eigenvalue weighted by Gasteiger charge is 2.26. The first kappa shape index (κ1) is 13.9. The van der Waals surface area contributed by atoms with Crippen molar-refractivity contribution in [3.63, 3.8) is 0 Å². The molecule has 15 heavy (non-hydrogen) atoms. The van der Waals surface area contributed by atoms with Gasteiger partial charge in [0.2, 0.25) is 5.91 Å². The Morgan fingerprint density at radius 1 is 1.27 bits per heavy atom. The lowest BCUT2D eigenvalue weighted by Crippen LogP contribution is -2.42. The topological polar surface area (TPSA) is 86.6 Å². The second kappa shape index (κ2) is 6.40. The molecule has 0 aliphatic rings. The summed E-state index contributed by atoms with van der Waals surface area (Å²) in [5.74, 6) is -2.63. The van der Waals surface area contributed by atoms with Gasteiger partial charge in [0.25, 0.3) is 0 Å². The van der Waals surface area contributed by atoms with E-state index < -0.39 is 17.8 Å². The molecular weight excluding hydrogens is 198 g/mol. The number of hydrogen-bond acceptors (Lipinski definition) is 3. The van der Waals surface area contributed by atoms with Gasteiger partial charge in [0, 0.05) is 5.92 Å². The molecule has 88 valence electrons. The number of rotatable bonds is 6. The number of hydrogen-bond donors (Lipinski definition) is 3. The molecule has 0 rings (SSSR count). The molecule has 2 unspecified atom stereocenters. The highest BCUT2D eigenvalue weighted by Crippen LogP contribution is 2.11. The van der Waals surface area contributed by atoms with Gasteiger partial charge in [0.1, 0.15) is 0 Å². The lowest BCUT2D eigenvalue weighted by atomic mass is 9.95. The van der Waals surface area contributed by atoms with Crippen molar-refractivity contribution in [2.45, 2.75) is 33.2 Å². The monoisotopic (exact) mass is 217 g/mol. The number of amides is 1. The minimum Gasteiger partial charge on any atom is -0.481 e. The van der Waals surface area contributed by atoms with Crippen molar-refractivity contribution in [1.29, 1.82) is 0 Å². The number of nitrogens with one attached hydrogen (secondary N) is 1. The van der Waals surface area contributed by atoms with E-state index in [9.17, 15) is 9.59 Å². The summed E-state index contributed by atoms with van der Waals surface area (Å²) in [6, 6.07) is -0.291.